The highest BCUT2D eigenvalue weighted by molar-refractivity contribution is 5.27. The summed E-state index contributed by atoms with van der Waals surface area (Å²) in [5, 5.41) is 0. The van der Waals surface area contributed by atoms with Crippen molar-refractivity contribution < 1.29 is 0 Å². The molecule has 0 heterocycles. The largest absolute Gasteiger partial charge is 0.271 e. The first-order chi connectivity index (χ1) is 9.33. The molecule has 1 atom stereocenters. The van der Waals surface area contributed by atoms with Gasteiger partial charge in [-0.05, 0) is 29.5 Å². The Hall–Kier alpha value is -1.64. The van der Waals surface area contributed by atoms with Crippen LogP contribution < -0.4 is 11.3 Å². The SMILES string of the molecule is CCCc1ccc(C(Cc2ccccc2)NN)cc1. The topological polar surface area (TPSA) is 38.0 Å². The van der Waals surface area contributed by atoms with Crippen molar-refractivity contribution in [2.75, 3.05) is 0 Å². The van der Waals surface area contributed by atoms with Gasteiger partial charge in [0.15, 0.2) is 0 Å². The third-order valence-corrected chi connectivity index (χ3v) is 3.40. The maximum atomic E-state index is 5.70. The number of hydrazine groups is 1. The van der Waals surface area contributed by atoms with Gasteiger partial charge in [0.2, 0.25) is 0 Å². The van der Waals surface area contributed by atoms with Gasteiger partial charge in [0.25, 0.3) is 0 Å². The molecule has 3 N–H and O–H groups in total. The van der Waals surface area contributed by atoms with Crippen LogP contribution >= 0.6 is 0 Å². The molecule has 2 rings (SSSR count). The highest BCUT2D eigenvalue weighted by atomic mass is 15.2. The molecule has 19 heavy (non-hydrogen) atoms. The van der Waals surface area contributed by atoms with Gasteiger partial charge in [-0.2, -0.15) is 0 Å². The molecule has 2 aromatic rings. The number of nitrogens with two attached hydrogens (primary N) is 1. The minimum Gasteiger partial charge on any atom is -0.271 e. The van der Waals surface area contributed by atoms with Crippen molar-refractivity contribution in [1.29, 1.82) is 0 Å². The van der Waals surface area contributed by atoms with Crippen LogP contribution in [0.1, 0.15) is 36.1 Å². The van der Waals surface area contributed by atoms with E-state index in [-0.39, 0.29) is 6.04 Å². The van der Waals surface area contributed by atoms with E-state index < -0.39 is 0 Å². The average Bonchev–Trinajstić information content (AvgIpc) is 2.47. The molecule has 1 unspecified atom stereocenters. The van der Waals surface area contributed by atoms with Gasteiger partial charge in [-0.15, -0.1) is 0 Å². The second kappa shape index (κ2) is 7.07. The van der Waals surface area contributed by atoms with E-state index in [1.54, 1.807) is 0 Å². The van der Waals surface area contributed by atoms with Crippen molar-refractivity contribution in [2.24, 2.45) is 5.84 Å². The smallest absolute Gasteiger partial charge is 0.0500 e. The average molecular weight is 254 g/mol. The Morgan fingerprint density at radius 3 is 2.21 bits per heavy atom. The maximum Gasteiger partial charge on any atom is 0.0500 e. The Bertz CT molecular complexity index is 476. The van der Waals surface area contributed by atoms with Crippen molar-refractivity contribution in [3.8, 4) is 0 Å². The lowest BCUT2D eigenvalue weighted by Crippen LogP contribution is -2.29. The number of benzene rings is 2. The molecule has 0 aliphatic heterocycles. The second-order valence-electron chi connectivity index (χ2n) is 4.90. The van der Waals surface area contributed by atoms with Crippen LogP contribution in [0.3, 0.4) is 0 Å². The van der Waals surface area contributed by atoms with E-state index in [0.717, 1.165) is 12.8 Å². The lowest BCUT2D eigenvalue weighted by molar-refractivity contribution is 0.552. The fraction of sp³-hybridized carbons (Fsp3) is 0.294. The molecular weight excluding hydrogens is 232 g/mol. The quantitative estimate of drug-likeness (QED) is 0.612. The predicted molar refractivity (Wildman–Crippen MR) is 80.6 cm³/mol. The van der Waals surface area contributed by atoms with Crippen LogP contribution in [0.15, 0.2) is 54.6 Å². The fourth-order valence-corrected chi connectivity index (χ4v) is 2.33. The summed E-state index contributed by atoms with van der Waals surface area (Å²) in [4.78, 5) is 0. The second-order valence-corrected chi connectivity index (χ2v) is 4.90. The third kappa shape index (κ3) is 3.91. The van der Waals surface area contributed by atoms with Gasteiger partial charge in [0.1, 0.15) is 0 Å². The molecule has 0 bridgehead atoms. The Balaban J connectivity index is 2.08. The summed E-state index contributed by atoms with van der Waals surface area (Å²) in [6.45, 7) is 2.20. The van der Waals surface area contributed by atoms with Crippen molar-refractivity contribution >= 4 is 0 Å². The first-order valence-corrected chi connectivity index (χ1v) is 6.92. The van der Waals surface area contributed by atoms with E-state index in [1.165, 1.54) is 23.1 Å². The summed E-state index contributed by atoms with van der Waals surface area (Å²) >= 11 is 0. The number of aryl methyl sites for hydroxylation is 1. The van der Waals surface area contributed by atoms with Crippen molar-refractivity contribution in [1.82, 2.24) is 5.43 Å². The summed E-state index contributed by atoms with van der Waals surface area (Å²) in [7, 11) is 0. The van der Waals surface area contributed by atoms with E-state index >= 15 is 0 Å². The van der Waals surface area contributed by atoms with Gasteiger partial charge in [0.05, 0.1) is 0 Å². The summed E-state index contributed by atoms with van der Waals surface area (Å²) in [5.41, 5.74) is 6.85. The van der Waals surface area contributed by atoms with E-state index in [2.05, 4.69) is 60.9 Å². The number of hydrogen-bond acceptors (Lipinski definition) is 2. The van der Waals surface area contributed by atoms with Crippen LogP contribution in [-0.2, 0) is 12.8 Å². The highest BCUT2D eigenvalue weighted by Crippen LogP contribution is 2.18. The van der Waals surface area contributed by atoms with E-state index in [0.29, 0.717) is 0 Å². The van der Waals surface area contributed by atoms with Crippen LogP contribution in [0.25, 0.3) is 0 Å². The van der Waals surface area contributed by atoms with Gasteiger partial charge in [-0.3, -0.25) is 11.3 Å². The van der Waals surface area contributed by atoms with E-state index in [1.807, 2.05) is 6.07 Å². The van der Waals surface area contributed by atoms with Crippen molar-refractivity contribution in [2.45, 2.75) is 32.2 Å². The minimum absolute atomic E-state index is 0.165. The van der Waals surface area contributed by atoms with E-state index in [4.69, 9.17) is 5.84 Å². The molecule has 0 saturated carbocycles. The Labute approximate surface area is 115 Å². The first-order valence-electron chi connectivity index (χ1n) is 6.92. The standard InChI is InChI=1S/C17H22N2/c1-2-6-14-9-11-16(12-10-14)17(19-18)13-15-7-4-3-5-8-15/h3-5,7-12,17,19H,2,6,13,18H2,1H3. The Morgan fingerprint density at radius 1 is 0.947 bits per heavy atom. The summed E-state index contributed by atoms with van der Waals surface area (Å²) in [6, 6.07) is 19.4. The van der Waals surface area contributed by atoms with Crippen LogP contribution in [0.4, 0.5) is 0 Å². The van der Waals surface area contributed by atoms with Gasteiger partial charge in [-0.25, -0.2) is 0 Å². The lowest BCUT2D eigenvalue weighted by Gasteiger charge is -2.17. The van der Waals surface area contributed by atoms with Crippen LogP contribution in [0, 0.1) is 0 Å². The van der Waals surface area contributed by atoms with Gasteiger partial charge in [0, 0.05) is 6.04 Å². The maximum absolute atomic E-state index is 5.70. The molecule has 2 heteroatoms. The molecule has 0 aromatic heterocycles. The van der Waals surface area contributed by atoms with Crippen LogP contribution in [0.5, 0.6) is 0 Å². The fourth-order valence-electron chi connectivity index (χ4n) is 2.33. The Kier molecular flexibility index (Phi) is 5.13. The molecular formula is C17H22N2. The summed E-state index contributed by atoms with van der Waals surface area (Å²) < 4.78 is 0. The minimum atomic E-state index is 0.165. The normalized spacial score (nSPS) is 12.3. The third-order valence-electron chi connectivity index (χ3n) is 3.40. The molecule has 0 aliphatic rings. The van der Waals surface area contributed by atoms with Crippen LogP contribution in [-0.4, -0.2) is 0 Å². The zero-order valence-electron chi connectivity index (χ0n) is 11.5. The lowest BCUT2D eigenvalue weighted by atomic mass is 9.98. The van der Waals surface area contributed by atoms with Gasteiger partial charge < -0.3 is 0 Å². The number of hydrogen-bond donors (Lipinski definition) is 2. The van der Waals surface area contributed by atoms with Crippen molar-refractivity contribution in [3.63, 3.8) is 0 Å². The first kappa shape index (κ1) is 13.8. The Morgan fingerprint density at radius 2 is 1.63 bits per heavy atom. The molecule has 0 aliphatic carbocycles. The van der Waals surface area contributed by atoms with Gasteiger partial charge in [-0.1, -0.05) is 67.9 Å². The van der Waals surface area contributed by atoms with Crippen molar-refractivity contribution in [3.05, 3.63) is 71.3 Å². The molecule has 2 nitrogen and oxygen atoms in total. The molecule has 0 fully saturated rings. The zero-order valence-corrected chi connectivity index (χ0v) is 11.5. The monoisotopic (exact) mass is 254 g/mol. The zero-order chi connectivity index (χ0) is 13.5. The van der Waals surface area contributed by atoms with Gasteiger partial charge >= 0.3 is 0 Å². The number of nitrogens with one attached hydrogen (secondary N) is 1. The predicted octanol–water partition coefficient (Wildman–Crippen LogP) is 3.39. The molecule has 100 valence electrons. The van der Waals surface area contributed by atoms with E-state index in [9.17, 15) is 0 Å². The molecule has 0 amide bonds. The summed E-state index contributed by atoms with van der Waals surface area (Å²) in [5.74, 6) is 5.70. The molecule has 2 aromatic carbocycles. The number of rotatable bonds is 6. The molecule has 0 saturated heterocycles. The molecule has 0 radical (unpaired) electrons. The van der Waals surface area contributed by atoms with Crippen LogP contribution in [0.2, 0.25) is 0 Å². The highest BCUT2D eigenvalue weighted by Gasteiger charge is 2.10. The summed E-state index contributed by atoms with van der Waals surface area (Å²) in [6.07, 6.45) is 3.23. The molecule has 0 spiro atoms.